The number of fused-ring (bicyclic) bond motifs is 1. The summed E-state index contributed by atoms with van der Waals surface area (Å²) in [5.41, 5.74) is 1.72. The third-order valence-electron chi connectivity index (χ3n) is 3.17. The number of esters is 1. The van der Waals surface area contributed by atoms with Crippen molar-refractivity contribution in [3.63, 3.8) is 0 Å². The van der Waals surface area contributed by atoms with Gasteiger partial charge in [0.2, 0.25) is 0 Å². The van der Waals surface area contributed by atoms with Gasteiger partial charge in [-0.05, 0) is 31.2 Å². The maximum absolute atomic E-state index is 13.0. The van der Waals surface area contributed by atoms with Crippen molar-refractivity contribution >= 4 is 17.3 Å². The minimum Gasteiger partial charge on any atom is -0.461 e. The van der Waals surface area contributed by atoms with Crippen LogP contribution in [-0.2, 0) is 11.8 Å². The summed E-state index contributed by atoms with van der Waals surface area (Å²) in [6.07, 6.45) is 1.36. The maximum Gasteiger partial charge on any atom is 0.358 e. The molecule has 0 amide bonds. The van der Waals surface area contributed by atoms with Gasteiger partial charge in [-0.1, -0.05) is 0 Å². The van der Waals surface area contributed by atoms with Crippen LogP contribution in [0.15, 0.2) is 30.5 Å². The number of benzene rings is 1. The van der Waals surface area contributed by atoms with Crippen LogP contribution in [0.2, 0.25) is 0 Å². The second kappa shape index (κ2) is 5.51. The molecule has 0 unspecified atom stereocenters. The van der Waals surface area contributed by atoms with Gasteiger partial charge in [0.15, 0.2) is 17.0 Å². The van der Waals surface area contributed by atoms with Crippen LogP contribution in [0.1, 0.15) is 17.4 Å². The Morgan fingerprint density at radius 3 is 2.68 bits per heavy atom. The summed E-state index contributed by atoms with van der Waals surface area (Å²) < 4.78 is 19.7. The van der Waals surface area contributed by atoms with Gasteiger partial charge in [-0.15, -0.1) is 0 Å². The molecule has 112 valence electrons. The summed E-state index contributed by atoms with van der Waals surface area (Å²) in [7, 11) is 1.78. The van der Waals surface area contributed by atoms with Crippen molar-refractivity contribution in [1.82, 2.24) is 19.5 Å². The van der Waals surface area contributed by atoms with E-state index < -0.39 is 5.97 Å². The summed E-state index contributed by atoms with van der Waals surface area (Å²) >= 11 is 0. The SMILES string of the molecule is CCOC(=O)c1cnc2c(n1)nc(-c1ccc(F)cc1)n2C. The minimum atomic E-state index is -0.536. The third-order valence-corrected chi connectivity index (χ3v) is 3.17. The van der Waals surface area contributed by atoms with E-state index in [4.69, 9.17) is 4.74 Å². The number of aryl methyl sites for hydroxylation is 1. The van der Waals surface area contributed by atoms with Crippen LogP contribution >= 0.6 is 0 Å². The lowest BCUT2D eigenvalue weighted by Gasteiger charge is -2.01. The average molecular weight is 300 g/mol. The van der Waals surface area contributed by atoms with Crippen LogP contribution < -0.4 is 0 Å². The Balaban J connectivity index is 2.08. The van der Waals surface area contributed by atoms with E-state index in [2.05, 4.69) is 15.0 Å². The van der Waals surface area contributed by atoms with Crippen LogP contribution in [-0.4, -0.2) is 32.1 Å². The van der Waals surface area contributed by atoms with Crippen LogP contribution in [0.4, 0.5) is 4.39 Å². The standard InChI is InChI=1S/C15H13FN4O2/c1-3-22-15(21)11-8-17-14-12(18-11)19-13(20(14)2)9-4-6-10(16)7-5-9/h4-8H,3H2,1-2H3. The quantitative estimate of drug-likeness (QED) is 0.694. The fourth-order valence-corrected chi connectivity index (χ4v) is 2.12. The summed E-state index contributed by atoms with van der Waals surface area (Å²) in [5.74, 6) is -0.259. The lowest BCUT2D eigenvalue weighted by Crippen LogP contribution is -2.08. The molecule has 0 saturated carbocycles. The van der Waals surface area contributed by atoms with Gasteiger partial charge in [0.25, 0.3) is 0 Å². The molecular weight excluding hydrogens is 287 g/mol. The van der Waals surface area contributed by atoms with Gasteiger partial charge in [0.05, 0.1) is 12.8 Å². The molecule has 0 aliphatic rings. The number of imidazole rings is 1. The molecule has 6 nitrogen and oxygen atoms in total. The second-order valence-electron chi connectivity index (χ2n) is 4.62. The van der Waals surface area contributed by atoms with Crippen molar-refractivity contribution in [2.24, 2.45) is 7.05 Å². The van der Waals surface area contributed by atoms with E-state index in [0.29, 0.717) is 17.1 Å². The molecule has 22 heavy (non-hydrogen) atoms. The minimum absolute atomic E-state index is 0.109. The summed E-state index contributed by atoms with van der Waals surface area (Å²) in [4.78, 5) is 24.4. The largest absolute Gasteiger partial charge is 0.461 e. The number of hydrogen-bond donors (Lipinski definition) is 0. The van der Waals surface area contributed by atoms with E-state index in [-0.39, 0.29) is 18.1 Å². The normalized spacial score (nSPS) is 10.9. The summed E-state index contributed by atoms with van der Waals surface area (Å²) in [5, 5.41) is 0. The fraction of sp³-hybridized carbons (Fsp3) is 0.200. The smallest absolute Gasteiger partial charge is 0.358 e. The molecule has 1 aromatic carbocycles. The highest BCUT2D eigenvalue weighted by Crippen LogP contribution is 2.22. The van der Waals surface area contributed by atoms with Gasteiger partial charge in [0.1, 0.15) is 11.6 Å². The monoisotopic (exact) mass is 300 g/mol. The van der Waals surface area contributed by atoms with E-state index in [0.717, 1.165) is 5.56 Å². The van der Waals surface area contributed by atoms with Gasteiger partial charge >= 0.3 is 5.97 Å². The van der Waals surface area contributed by atoms with Crippen molar-refractivity contribution in [2.75, 3.05) is 6.61 Å². The molecule has 3 aromatic rings. The van der Waals surface area contributed by atoms with Crippen molar-refractivity contribution in [2.45, 2.75) is 6.92 Å². The number of hydrogen-bond acceptors (Lipinski definition) is 5. The third kappa shape index (κ3) is 2.41. The molecule has 0 aliphatic heterocycles. The highest BCUT2D eigenvalue weighted by atomic mass is 19.1. The molecular formula is C15H13FN4O2. The van der Waals surface area contributed by atoms with Crippen molar-refractivity contribution < 1.29 is 13.9 Å². The van der Waals surface area contributed by atoms with Crippen molar-refractivity contribution in [3.05, 3.63) is 42.0 Å². The number of halogens is 1. The molecule has 2 heterocycles. The number of rotatable bonds is 3. The van der Waals surface area contributed by atoms with Crippen LogP contribution in [0.25, 0.3) is 22.7 Å². The molecule has 0 N–H and O–H groups in total. The average Bonchev–Trinajstić information content (AvgIpc) is 2.85. The molecule has 0 fully saturated rings. The van der Waals surface area contributed by atoms with Crippen molar-refractivity contribution in [1.29, 1.82) is 0 Å². The second-order valence-corrected chi connectivity index (χ2v) is 4.62. The van der Waals surface area contributed by atoms with Gasteiger partial charge in [0, 0.05) is 12.6 Å². The molecule has 0 atom stereocenters. The van der Waals surface area contributed by atoms with Gasteiger partial charge in [-0.2, -0.15) is 0 Å². The Bertz CT molecular complexity index is 843. The number of ether oxygens (including phenoxy) is 1. The number of carbonyl (C=O) groups is 1. The van der Waals surface area contributed by atoms with Crippen LogP contribution in [0.5, 0.6) is 0 Å². The van der Waals surface area contributed by atoms with Gasteiger partial charge in [-0.25, -0.2) is 24.1 Å². The van der Waals surface area contributed by atoms with E-state index in [9.17, 15) is 9.18 Å². The van der Waals surface area contributed by atoms with E-state index in [1.54, 1.807) is 30.7 Å². The zero-order valence-electron chi connectivity index (χ0n) is 12.1. The fourth-order valence-electron chi connectivity index (χ4n) is 2.12. The summed E-state index contributed by atoms with van der Waals surface area (Å²) in [6, 6.07) is 5.98. The number of aromatic nitrogens is 4. The zero-order valence-corrected chi connectivity index (χ0v) is 12.1. The maximum atomic E-state index is 13.0. The zero-order chi connectivity index (χ0) is 15.7. The van der Waals surface area contributed by atoms with Crippen LogP contribution in [0.3, 0.4) is 0 Å². The predicted molar refractivity (Wildman–Crippen MR) is 77.7 cm³/mol. The highest BCUT2D eigenvalue weighted by Gasteiger charge is 2.16. The van der Waals surface area contributed by atoms with Crippen LogP contribution in [0, 0.1) is 5.82 Å². The number of nitrogens with zero attached hydrogens (tertiary/aromatic N) is 4. The molecule has 0 aliphatic carbocycles. The topological polar surface area (TPSA) is 69.9 Å². The van der Waals surface area contributed by atoms with Gasteiger partial charge in [-0.3, -0.25) is 0 Å². The van der Waals surface area contributed by atoms with Gasteiger partial charge < -0.3 is 9.30 Å². The first-order chi connectivity index (χ1) is 10.6. The first-order valence-corrected chi connectivity index (χ1v) is 6.72. The Kier molecular flexibility index (Phi) is 3.54. The highest BCUT2D eigenvalue weighted by molar-refractivity contribution is 5.89. The summed E-state index contributed by atoms with van der Waals surface area (Å²) in [6.45, 7) is 1.98. The molecule has 3 rings (SSSR count). The molecule has 0 bridgehead atoms. The molecule has 0 saturated heterocycles. The Hall–Kier alpha value is -2.83. The first kappa shape index (κ1) is 14.1. The lowest BCUT2D eigenvalue weighted by molar-refractivity contribution is 0.0519. The predicted octanol–water partition coefficient (Wildman–Crippen LogP) is 2.35. The molecule has 0 spiro atoms. The van der Waals surface area contributed by atoms with Crippen molar-refractivity contribution in [3.8, 4) is 11.4 Å². The molecule has 7 heteroatoms. The Labute approximate surface area is 125 Å². The molecule has 0 radical (unpaired) electrons. The van der Waals surface area contributed by atoms with E-state index >= 15 is 0 Å². The first-order valence-electron chi connectivity index (χ1n) is 6.72. The molecule has 2 aromatic heterocycles. The lowest BCUT2D eigenvalue weighted by atomic mass is 10.2. The Morgan fingerprint density at radius 2 is 2.00 bits per heavy atom. The van der Waals surface area contributed by atoms with E-state index in [1.165, 1.54) is 18.3 Å². The van der Waals surface area contributed by atoms with E-state index in [1.807, 2.05) is 0 Å². The Morgan fingerprint density at radius 1 is 1.27 bits per heavy atom. The number of carbonyl (C=O) groups excluding carboxylic acids is 1.